The molecule has 5 aromatic carbocycles. The minimum absolute atomic E-state index is 0. The number of aliphatic hydroxyl groups is 2. The fourth-order valence-electron chi connectivity index (χ4n) is 6.77. The first-order valence-electron chi connectivity index (χ1n) is 26.5. The lowest BCUT2D eigenvalue weighted by Crippen LogP contribution is -2.65. The van der Waals surface area contributed by atoms with Gasteiger partial charge in [0, 0.05) is 30.3 Å². The molecule has 23 heteroatoms. The van der Waals surface area contributed by atoms with Crippen molar-refractivity contribution in [1.82, 2.24) is 21.3 Å². The number of aliphatic hydroxyl groups excluding tert-OH is 2. The molecule has 0 heterocycles. The number of ether oxygens (including phenoxy) is 4. The van der Waals surface area contributed by atoms with Crippen molar-refractivity contribution in [1.29, 1.82) is 0 Å². The number of nitrogens with one attached hydrogen (secondary N) is 4. The van der Waals surface area contributed by atoms with Crippen LogP contribution in [0, 0.1) is 6.92 Å². The van der Waals surface area contributed by atoms with Crippen molar-refractivity contribution >= 4 is 45.9 Å². The van der Waals surface area contributed by atoms with Crippen LogP contribution in [0.4, 0.5) is 0 Å². The lowest BCUT2D eigenvalue weighted by molar-refractivity contribution is -0.409. The molecule has 478 valence electrons. The molecule has 0 saturated carbocycles. The van der Waals surface area contributed by atoms with Crippen LogP contribution in [0.15, 0.2) is 150 Å². The second-order valence-corrected chi connectivity index (χ2v) is 22.2. The molecule has 5 aromatic rings. The molecule has 0 aromatic heterocycles. The number of carbonyl (C=O) groups is 6. The largest absolute Gasteiger partial charge is 0.744 e. The molecule has 0 amide bonds. The Bertz CT molecular complexity index is 2800. The number of carbonyl (C=O) groups excluding carboxylic acids is 4. The van der Waals surface area contributed by atoms with E-state index in [9.17, 15) is 52.0 Å². The molecule has 0 unspecified atom stereocenters. The molecular weight excluding hydrogens is 1130 g/mol. The predicted octanol–water partition coefficient (Wildman–Crippen LogP) is 7.10. The number of hydrogen-bond acceptors (Lipinski definition) is 19. The first-order valence-corrected chi connectivity index (χ1v) is 27.9. The van der Waals surface area contributed by atoms with Gasteiger partial charge in [0.1, 0.15) is 48.6 Å². The summed E-state index contributed by atoms with van der Waals surface area (Å²) in [6, 6.07) is 40.8. The molecule has 86 heavy (non-hydrogen) atoms. The van der Waals surface area contributed by atoms with Crippen LogP contribution >= 0.6 is 0 Å². The first-order chi connectivity index (χ1) is 39.0. The molecule has 5 rings (SSSR count). The maximum atomic E-state index is 12.6. The molecule has 0 bridgehead atoms. The Morgan fingerprint density at radius 2 is 0.826 bits per heavy atom. The predicted molar refractivity (Wildman–Crippen MR) is 326 cm³/mol. The number of carboxylic acid groups (broad SMARTS) is 2. The third kappa shape index (κ3) is 39.2. The monoisotopic (exact) mass is 1220 g/mol. The summed E-state index contributed by atoms with van der Waals surface area (Å²) < 4.78 is 52.2. The maximum absolute atomic E-state index is 12.6. The number of hydrogen-bond donors (Lipinski definition) is 9. The standard InChI is InChI=1S/C24H32N2O5.C19H21NO4.C10H20N2O5.C7H8O3S.3CH4/c1-24(2,3)26-23(29)25-20(22(28)31-17-19-12-8-5-9-13-19)14-15-21(27)30-16-18-10-6-4-7-11-18;20-17(19(22)24-14-16-9-5-2-6-10-16)11-12-18(21)23-13-15-7-3-1-4-8-15;1-10(2,3)12-9(17)11-6(8(15)16)4-5-7(13)14;1-6-2-4-7(5-3-6)11(8,9)10;;;/h4-13,20,23,25-26,29H,14-17H2,1-3H3;1-10,17H,11-14,20H2;6,9,11-12,17H,4-5H2,1-3H3,(H,13,14)(H,15,16);2-5H,1H3,(H,8,9,10);3*1H4/t20-,23+;17-;6-,9+;;;;/m000..../s1. The molecule has 0 aliphatic heterocycles. The van der Waals surface area contributed by atoms with Gasteiger partial charge in [-0.25, -0.2) is 13.2 Å². The highest BCUT2D eigenvalue weighted by Gasteiger charge is 2.27. The second kappa shape index (κ2) is 42.4. The number of aryl methyl sites for hydroxylation is 1. The number of carboxylic acids is 2. The van der Waals surface area contributed by atoms with Crippen molar-refractivity contribution in [3.63, 3.8) is 0 Å². The van der Waals surface area contributed by atoms with Crippen molar-refractivity contribution < 1.29 is 86.8 Å². The molecule has 0 aliphatic carbocycles. The zero-order chi connectivity index (χ0) is 62.0. The van der Waals surface area contributed by atoms with Crippen molar-refractivity contribution in [2.45, 2.75) is 183 Å². The Labute approximate surface area is 508 Å². The van der Waals surface area contributed by atoms with Crippen molar-refractivity contribution in [3.05, 3.63) is 173 Å². The van der Waals surface area contributed by atoms with Gasteiger partial charge in [-0.1, -0.05) is 161 Å². The molecule has 0 spiro atoms. The molecule has 0 saturated heterocycles. The highest BCUT2D eigenvalue weighted by Crippen LogP contribution is 2.12. The normalized spacial score (nSPS) is 12.5. The van der Waals surface area contributed by atoms with Crippen molar-refractivity contribution in [3.8, 4) is 0 Å². The van der Waals surface area contributed by atoms with E-state index in [0.717, 1.165) is 27.8 Å². The van der Waals surface area contributed by atoms with Gasteiger partial charge in [-0.2, -0.15) is 0 Å². The number of esters is 4. The Balaban J connectivity index is 0. The minimum atomic E-state index is -4.27. The SMILES string of the molecule is C.C.C.CC(C)(C)N[C@H](O)N[C@@H](CCC(=O)O)C(=O)O.CC(C)(C)N[C@H](O)N[C@@H](CCC(=O)OCc1ccccc1)C(=O)OCc1ccccc1.Cc1ccc(S(=O)(=O)[O-])cc1.[NH3+][C@@H](CCC(=O)OCc1ccccc1)C(=O)OCc1ccccc1. The summed E-state index contributed by atoms with van der Waals surface area (Å²) >= 11 is 0. The van der Waals surface area contributed by atoms with Gasteiger partial charge in [-0.15, -0.1) is 0 Å². The average molecular weight is 1220 g/mol. The fourth-order valence-corrected chi connectivity index (χ4v) is 7.24. The molecule has 5 atom stereocenters. The molecule has 22 nitrogen and oxygen atoms in total. The van der Waals surface area contributed by atoms with Gasteiger partial charge < -0.3 is 49.7 Å². The van der Waals surface area contributed by atoms with E-state index in [-0.39, 0.29) is 103 Å². The zero-order valence-electron chi connectivity index (χ0n) is 48.0. The average Bonchev–Trinajstić information content (AvgIpc) is 3.60. The molecule has 0 radical (unpaired) electrons. The van der Waals surface area contributed by atoms with Crippen LogP contribution < -0.4 is 27.0 Å². The van der Waals surface area contributed by atoms with Crippen LogP contribution in [0.2, 0.25) is 0 Å². The van der Waals surface area contributed by atoms with E-state index in [4.69, 9.17) is 29.2 Å². The van der Waals surface area contributed by atoms with Gasteiger partial charge in [-0.3, -0.25) is 45.2 Å². The van der Waals surface area contributed by atoms with Gasteiger partial charge in [0.15, 0.2) is 18.7 Å². The van der Waals surface area contributed by atoms with E-state index >= 15 is 0 Å². The summed E-state index contributed by atoms with van der Waals surface area (Å²) in [6.45, 7) is 13.7. The minimum Gasteiger partial charge on any atom is -0.744 e. The molecule has 0 fully saturated rings. The number of quaternary nitrogens is 1. The van der Waals surface area contributed by atoms with Crippen LogP contribution in [-0.4, -0.2) is 111 Å². The highest BCUT2D eigenvalue weighted by molar-refractivity contribution is 7.85. The van der Waals surface area contributed by atoms with Crippen LogP contribution in [0.5, 0.6) is 0 Å². The van der Waals surface area contributed by atoms with Crippen LogP contribution in [0.3, 0.4) is 0 Å². The first kappa shape index (κ1) is 80.6. The van der Waals surface area contributed by atoms with Gasteiger partial charge in [0.25, 0.3) is 0 Å². The molecular formula is C63H93N5O17S. The van der Waals surface area contributed by atoms with Gasteiger partial charge in [-0.05, 0) is 95.7 Å². The summed E-state index contributed by atoms with van der Waals surface area (Å²) in [7, 11) is -4.27. The van der Waals surface area contributed by atoms with E-state index in [0.29, 0.717) is 6.42 Å². The van der Waals surface area contributed by atoms with Crippen molar-refractivity contribution in [2.24, 2.45) is 0 Å². The van der Waals surface area contributed by atoms with Crippen LogP contribution in [-0.2, 0) is 84.3 Å². The Morgan fingerprint density at radius 3 is 1.16 bits per heavy atom. The number of rotatable bonds is 27. The highest BCUT2D eigenvalue weighted by atomic mass is 32.2. The van der Waals surface area contributed by atoms with E-state index in [1.165, 1.54) is 12.1 Å². The third-order valence-electron chi connectivity index (χ3n) is 11.0. The van der Waals surface area contributed by atoms with Crippen LogP contribution in [0.25, 0.3) is 0 Å². The number of aliphatic carboxylic acids is 2. The van der Waals surface area contributed by atoms with Gasteiger partial charge in [0.05, 0.1) is 11.3 Å². The number of benzene rings is 5. The van der Waals surface area contributed by atoms with Gasteiger partial charge >= 0.3 is 35.8 Å². The van der Waals surface area contributed by atoms with E-state index in [1.54, 1.807) is 12.1 Å². The quantitative estimate of drug-likeness (QED) is 0.0109. The van der Waals surface area contributed by atoms with Gasteiger partial charge in [0.2, 0.25) is 0 Å². The Kier molecular flexibility index (Phi) is 39.7. The Hall–Kier alpha value is -7.45. The van der Waals surface area contributed by atoms with Crippen LogP contribution in [0.1, 0.15) is 130 Å². The molecule has 0 aliphatic rings. The maximum Gasteiger partial charge on any atom is 0.365 e. The van der Waals surface area contributed by atoms with E-state index in [2.05, 4.69) is 27.0 Å². The lowest BCUT2D eigenvalue weighted by Gasteiger charge is -2.28. The summed E-state index contributed by atoms with van der Waals surface area (Å²) in [6.07, 6.45) is -2.13. The summed E-state index contributed by atoms with van der Waals surface area (Å²) in [4.78, 5) is 69.4. The second-order valence-electron chi connectivity index (χ2n) is 20.8. The Morgan fingerprint density at radius 1 is 0.500 bits per heavy atom. The zero-order valence-corrected chi connectivity index (χ0v) is 48.8. The summed E-state index contributed by atoms with van der Waals surface area (Å²) in [5.41, 5.74) is 7.51. The summed E-state index contributed by atoms with van der Waals surface area (Å²) in [5.74, 6) is -3.99. The fraction of sp³-hybridized carbons (Fsp3) is 0.429. The van der Waals surface area contributed by atoms with E-state index in [1.807, 2.05) is 170 Å². The topological polar surface area (TPSA) is 353 Å². The summed E-state index contributed by atoms with van der Waals surface area (Å²) in [5, 5.41) is 48.0. The lowest BCUT2D eigenvalue weighted by atomic mass is 10.1. The molecule has 11 N–H and O–H groups in total. The smallest absolute Gasteiger partial charge is 0.365 e. The van der Waals surface area contributed by atoms with E-state index < -0.39 is 70.8 Å². The van der Waals surface area contributed by atoms with Crippen molar-refractivity contribution in [2.75, 3.05) is 0 Å². The third-order valence-corrected chi connectivity index (χ3v) is 11.8.